The topological polar surface area (TPSA) is 55.8 Å². The number of halogens is 2. The van der Waals surface area contributed by atoms with Crippen LogP contribution in [-0.4, -0.2) is 38.5 Å². The second-order valence-corrected chi connectivity index (χ2v) is 6.60. The molecular weight excluding hydrogens is 326 g/mol. The Hall–Kier alpha value is -0.930. The van der Waals surface area contributed by atoms with Crippen molar-refractivity contribution < 1.29 is 21.8 Å². The summed E-state index contributed by atoms with van der Waals surface area (Å²) < 4.78 is 54.0. The summed E-state index contributed by atoms with van der Waals surface area (Å²) in [6.45, 7) is 4.51. The second kappa shape index (κ2) is 7.76. The van der Waals surface area contributed by atoms with Gasteiger partial charge < -0.3 is 4.55 Å². The average Bonchev–Trinajstić information content (AvgIpc) is 2.89. The van der Waals surface area contributed by atoms with E-state index >= 15 is 0 Å². The van der Waals surface area contributed by atoms with E-state index in [9.17, 15) is 17.5 Å². The molecule has 1 aliphatic heterocycles. The lowest BCUT2D eigenvalue weighted by molar-refractivity contribution is -0.143. The predicted molar refractivity (Wildman–Crippen MR) is 81.4 cm³/mol. The van der Waals surface area contributed by atoms with E-state index in [1.165, 1.54) is 18.2 Å². The number of likely N-dealkylation sites (tertiary alicyclic amines) is 1. The Morgan fingerprint density at radius 3 is 2.74 bits per heavy atom. The van der Waals surface area contributed by atoms with Crippen molar-refractivity contribution in [2.24, 2.45) is 5.92 Å². The first-order valence-corrected chi connectivity index (χ1v) is 8.52. The molecule has 0 N–H and O–H groups in total. The Balaban J connectivity index is 2.31. The molecule has 130 valence electrons. The SMILES string of the molecule is CC(C)C(N(C)OS(=O)[O-])N1CCC[C@@H]1c1cc(F)ccc1F. The lowest BCUT2D eigenvalue weighted by atomic mass is 10.0. The molecule has 0 aromatic heterocycles. The van der Waals surface area contributed by atoms with Crippen LogP contribution in [0.4, 0.5) is 8.78 Å². The third-order valence-electron chi connectivity index (χ3n) is 4.10. The van der Waals surface area contributed by atoms with E-state index in [4.69, 9.17) is 4.28 Å². The highest BCUT2D eigenvalue weighted by Crippen LogP contribution is 2.37. The summed E-state index contributed by atoms with van der Waals surface area (Å²) in [5, 5.41) is 1.25. The fourth-order valence-corrected chi connectivity index (χ4v) is 3.64. The number of nitrogens with zero attached hydrogens (tertiary/aromatic N) is 2. The molecule has 2 unspecified atom stereocenters. The Kier molecular flexibility index (Phi) is 6.21. The molecule has 0 saturated carbocycles. The zero-order valence-electron chi connectivity index (χ0n) is 13.4. The normalized spacial score (nSPS) is 22.0. The third-order valence-corrected chi connectivity index (χ3v) is 4.46. The van der Waals surface area contributed by atoms with Gasteiger partial charge in [-0.1, -0.05) is 13.8 Å². The molecule has 5 nitrogen and oxygen atoms in total. The largest absolute Gasteiger partial charge is 0.748 e. The fraction of sp³-hybridized carbons (Fsp3) is 0.600. The summed E-state index contributed by atoms with van der Waals surface area (Å²) in [4.78, 5) is 1.97. The van der Waals surface area contributed by atoms with Gasteiger partial charge in [-0.15, -0.1) is 0 Å². The average molecular weight is 347 g/mol. The smallest absolute Gasteiger partial charge is 0.128 e. The van der Waals surface area contributed by atoms with Gasteiger partial charge in [0, 0.05) is 25.2 Å². The minimum absolute atomic E-state index is 0.0285. The number of hydroxylamine groups is 2. The van der Waals surface area contributed by atoms with E-state index in [0.717, 1.165) is 18.6 Å². The van der Waals surface area contributed by atoms with Crippen LogP contribution in [0, 0.1) is 17.6 Å². The summed E-state index contributed by atoms with van der Waals surface area (Å²) in [7, 11) is 1.53. The molecule has 0 spiro atoms. The van der Waals surface area contributed by atoms with Crippen LogP contribution in [0.15, 0.2) is 18.2 Å². The van der Waals surface area contributed by atoms with Gasteiger partial charge in [0.1, 0.15) is 23.0 Å². The summed E-state index contributed by atoms with van der Waals surface area (Å²) in [6.07, 6.45) is 1.12. The van der Waals surface area contributed by atoms with Gasteiger partial charge in [-0.05, 0) is 37.0 Å². The van der Waals surface area contributed by atoms with Gasteiger partial charge in [-0.3, -0.25) is 4.90 Å². The van der Waals surface area contributed by atoms with Crippen LogP contribution in [0.1, 0.15) is 38.3 Å². The summed E-state index contributed by atoms with van der Waals surface area (Å²) in [5.41, 5.74) is 0.296. The lowest BCUT2D eigenvalue weighted by Crippen LogP contribution is -2.49. The van der Waals surface area contributed by atoms with Crippen molar-refractivity contribution in [1.29, 1.82) is 0 Å². The molecule has 0 aliphatic carbocycles. The van der Waals surface area contributed by atoms with Crippen molar-refractivity contribution in [2.45, 2.75) is 38.9 Å². The lowest BCUT2D eigenvalue weighted by Gasteiger charge is -2.40. The monoisotopic (exact) mass is 347 g/mol. The number of hydrogen-bond donors (Lipinski definition) is 0. The zero-order chi connectivity index (χ0) is 17.1. The molecule has 1 heterocycles. The van der Waals surface area contributed by atoms with Gasteiger partial charge in [0.15, 0.2) is 0 Å². The van der Waals surface area contributed by atoms with Crippen LogP contribution in [0.2, 0.25) is 0 Å². The fourth-order valence-electron chi connectivity index (χ4n) is 3.36. The second-order valence-electron chi connectivity index (χ2n) is 6.04. The quantitative estimate of drug-likeness (QED) is 0.585. The van der Waals surface area contributed by atoms with Gasteiger partial charge in [-0.25, -0.2) is 17.3 Å². The van der Waals surface area contributed by atoms with E-state index in [-0.39, 0.29) is 18.1 Å². The maximum atomic E-state index is 14.1. The molecule has 1 aromatic carbocycles. The number of rotatable bonds is 6. The van der Waals surface area contributed by atoms with Gasteiger partial charge in [0.2, 0.25) is 0 Å². The standard InChI is InChI=1S/C15H22F2N2O3S/c1-10(2)15(18(3)22-23(20)21)19-8-4-5-14(19)12-9-11(16)6-7-13(12)17/h6-7,9-10,14-15H,4-5,8H2,1-3H3,(H,20,21)/p-1/t14-,15?/m1/s1. The van der Waals surface area contributed by atoms with E-state index in [0.29, 0.717) is 18.5 Å². The molecule has 0 amide bonds. The van der Waals surface area contributed by atoms with Crippen LogP contribution < -0.4 is 0 Å². The molecule has 0 radical (unpaired) electrons. The minimum atomic E-state index is -2.68. The van der Waals surface area contributed by atoms with E-state index in [1.54, 1.807) is 0 Å². The summed E-state index contributed by atoms with van der Waals surface area (Å²) in [6, 6.07) is 3.11. The molecule has 0 bridgehead atoms. The highest BCUT2D eigenvalue weighted by molar-refractivity contribution is 7.74. The van der Waals surface area contributed by atoms with E-state index in [1.807, 2.05) is 18.7 Å². The van der Waals surface area contributed by atoms with Gasteiger partial charge in [0.05, 0.1) is 6.17 Å². The molecule has 3 atom stereocenters. The zero-order valence-corrected chi connectivity index (χ0v) is 14.2. The predicted octanol–water partition coefficient (Wildman–Crippen LogP) is 2.74. The summed E-state index contributed by atoms with van der Waals surface area (Å²) in [5.74, 6) is -0.915. The van der Waals surface area contributed by atoms with Gasteiger partial charge in [-0.2, -0.15) is 5.06 Å². The molecule has 1 saturated heterocycles. The molecule has 1 aromatic rings. The number of hydrogen-bond acceptors (Lipinski definition) is 5. The van der Waals surface area contributed by atoms with Crippen molar-refractivity contribution in [3.63, 3.8) is 0 Å². The first-order valence-electron chi connectivity index (χ1n) is 7.52. The first-order chi connectivity index (χ1) is 10.8. The third kappa shape index (κ3) is 4.33. The van der Waals surface area contributed by atoms with Gasteiger partial charge in [0.25, 0.3) is 0 Å². The Morgan fingerprint density at radius 2 is 2.13 bits per heavy atom. The van der Waals surface area contributed by atoms with E-state index < -0.39 is 23.0 Å². The summed E-state index contributed by atoms with van der Waals surface area (Å²) >= 11 is -2.68. The molecular formula is C15H21F2N2O3S-. The van der Waals surface area contributed by atoms with Crippen molar-refractivity contribution >= 4 is 11.4 Å². The van der Waals surface area contributed by atoms with Gasteiger partial charge >= 0.3 is 0 Å². The minimum Gasteiger partial charge on any atom is -0.748 e. The molecule has 23 heavy (non-hydrogen) atoms. The highest BCUT2D eigenvalue weighted by atomic mass is 32.2. The first kappa shape index (κ1) is 18.4. The Bertz CT molecular complexity index is 574. The van der Waals surface area contributed by atoms with Crippen molar-refractivity contribution in [3.8, 4) is 0 Å². The number of benzene rings is 1. The van der Waals surface area contributed by atoms with Crippen LogP contribution >= 0.6 is 0 Å². The van der Waals surface area contributed by atoms with Crippen LogP contribution in [-0.2, 0) is 15.6 Å². The maximum Gasteiger partial charge on any atom is 0.128 e. The molecule has 2 rings (SSSR count). The van der Waals surface area contributed by atoms with Crippen LogP contribution in [0.25, 0.3) is 0 Å². The van der Waals surface area contributed by atoms with Crippen LogP contribution in [0.5, 0.6) is 0 Å². The van der Waals surface area contributed by atoms with Crippen molar-refractivity contribution in [2.75, 3.05) is 13.6 Å². The van der Waals surface area contributed by atoms with Crippen molar-refractivity contribution in [3.05, 3.63) is 35.4 Å². The van der Waals surface area contributed by atoms with Crippen molar-refractivity contribution in [1.82, 2.24) is 9.96 Å². The Labute approximate surface area is 137 Å². The highest BCUT2D eigenvalue weighted by Gasteiger charge is 2.37. The van der Waals surface area contributed by atoms with E-state index in [2.05, 4.69) is 0 Å². The molecule has 8 heteroatoms. The Morgan fingerprint density at radius 1 is 1.43 bits per heavy atom. The van der Waals surface area contributed by atoms with Crippen LogP contribution in [0.3, 0.4) is 0 Å². The molecule has 1 fully saturated rings. The maximum absolute atomic E-state index is 14.1. The molecule has 1 aliphatic rings.